The van der Waals surface area contributed by atoms with Crippen molar-refractivity contribution in [2.75, 3.05) is 33.2 Å². The van der Waals surface area contributed by atoms with Gasteiger partial charge in [0, 0.05) is 44.0 Å². The maximum Gasteiger partial charge on any atom is 0.251 e. The second-order valence-corrected chi connectivity index (χ2v) is 8.76. The molecule has 3 heterocycles. The van der Waals surface area contributed by atoms with E-state index in [1.54, 1.807) is 0 Å². The van der Waals surface area contributed by atoms with Gasteiger partial charge in [-0.1, -0.05) is 6.07 Å². The normalized spacial score (nSPS) is 20.6. The van der Waals surface area contributed by atoms with E-state index in [4.69, 9.17) is 4.74 Å². The first-order valence-corrected chi connectivity index (χ1v) is 11.5. The molecule has 1 N–H and O–H groups in total. The molecule has 0 saturated carbocycles. The van der Waals surface area contributed by atoms with Crippen LogP contribution < -0.4 is 10.1 Å². The van der Waals surface area contributed by atoms with Crippen LogP contribution in [0.3, 0.4) is 0 Å². The van der Waals surface area contributed by atoms with Gasteiger partial charge in [-0.3, -0.25) is 14.7 Å². The quantitative estimate of drug-likeness (QED) is 0.707. The molecule has 31 heavy (non-hydrogen) atoms. The van der Waals surface area contributed by atoms with Gasteiger partial charge < -0.3 is 15.0 Å². The Morgan fingerprint density at radius 1 is 1.10 bits per heavy atom. The molecule has 6 heteroatoms. The molecule has 1 atom stereocenters. The molecular weight excluding hydrogens is 388 g/mol. The van der Waals surface area contributed by atoms with Crippen molar-refractivity contribution in [3.63, 3.8) is 0 Å². The van der Waals surface area contributed by atoms with Crippen molar-refractivity contribution in [2.45, 2.75) is 50.8 Å². The van der Waals surface area contributed by atoms with Crippen molar-refractivity contribution < 1.29 is 9.53 Å². The molecule has 2 aliphatic heterocycles. The third-order valence-electron chi connectivity index (χ3n) is 6.50. The van der Waals surface area contributed by atoms with E-state index in [1.165, 1.54) is 19.4 Å². The van der Waals surface area contributed by atoms with Crippen LogP contribution in [-0.2, 0) is 6.54 Å². The lowest BCUT2D eigenvalue weighted by Crippen LogP contribution is -2.37. The summed E-state index contributed by atoms with van der Waals surface area (Å²) in [5.74, 6) is 0.835. The smallest absolute Gasteiger partial charge is 0.251 e. The summed E-state index contributed by atoms with van der Waals surface area (Å²) in [4.78, 5) is 21.6. The van der Waals surface area contributed by atoms with Crippen LogP contribution in [0.1, 0.15) is 48.2 Å². The maximum atomic E-state index is 12.4. The van der Waals surface area contributed by atoms with E-state index in [0.717, 1.165) is 56.9 Å². The maximum absolute atomic E-state index is 12.4. The molecule has 2 fully saturated rings. The highest BCUT2D eigenvalue weighted by Crippen LogP contribution is 2.21. The standard InChI is InChI=1S/C25H34N4O2/c1-28-16-4-6-22(28)11-15-27-25(30)20-7-9-23(10-8-20)31-24-12-17-29(18-13-24)19-21-5-2-3-14-26-21/h2-3,5,7-10,14,22,24H,4,6,11-13,15-19H2,1H3,(H,27,30). The lowest BCUT2D eigenvalue weighted by molar-refractivity contribution is 0.0946. The summed E-state index contributed by atoms with van der Waals surface area (Å²) in [5, 5.41) is 3.05. The summed E-state index contributed by atoms with van der Waals surface area (Å²) in [7, 11) is 2.17. The number of nitrogens with one attached hydrogen (secondary N) is 1. The topological polar surface area (TPSA) is 57.7 Å². The Hall–Kier alpha value is -2.44. The van der Waals surface area contributed by atoms with Gasteiger partial charge >= 0.3 is 0 Å². The van der Waals surface area contributed by atoms with Crippen LogP contribution in [-0.4, -0.2) is 66.1 Å². The van der Waals surface area contributed by atoms with Crippen LogP contribution in [0.4, 0.5) is 0 Å². The number of ether oxygens (including phenoxy) is 1. The number of carbonyl (C=O) groups excluding carboxylic acids is 1. The lowest BCUT2D eigenvalue weighted by atomic mass is 10.1. The molecule has 2 aromatic rings. The summed E-state index contributed by atoms with van der Waals surface area (Å²) >= 11 is 0. The predicted molar refractivity (Wildman–Crippen MR) is 122 cm³/mol. The summed E-state index contributed by atoms with van der Waals surface area (Å²) in [6, 6.07) is 14.2. The minimum atomic E-state index is -0.00460. The zero-order valence-electron chi connectivity index (χ0n) is 18.5. The zero-order chi connectivity index (χ0) is 21.5. The van der Waals surface area contributed by atoms with E-state index in [1.807, 2.05) is 42.6 Å². The highest BCUT2D eigenvalue weighted by molar-refractivity contribution is 5.94. The average Bonchev–Trinajstić information content (AvgIpc) is 3.21. The van der Waals surface area contributed by atoms with Gasteiger partial charge in [0.15, 0.2) is 0 Å². The number of amides is 1. The van der Waals surface area contributed by atoms with Crippen LogP contribution >= 0.6 is 0 Å². The second-order valence-electron chi connectivity index (χ2n) is 8.76. The Bertz CT molecular complexity index is 819. The van der Waals surface area contributed by atoms with Crippen LogP contribution in [0.25, 0.3) is 0 Å². The molecule has 1 aromatic carbocycles. The Kier molecular flexibility index (Phi) is 7.54. The summed E-state index contributed by atoms with van der Waals surface area (Å²) < 4.78 is 6.17. The molecule has 166 valence electrons. The largest absolute Gasteiger partial charge is 0.490 e. The zero-order valence-corrected chi connectivity index (χ0v) is 18.5. The summed E-state index contributed by atoms with van der Waals surface area (Å²) in [6.07, 6.45) is 7.60. The molecule has 1 unspecified atom stereocenters. The molecule has 1 amide bonds. The fraction of sp³-hybridized carbons (Fsp3) is 0.520. The molecule has 4 rings (SSSR count). The van der Waals surface area contributed by atoms with Gasteiger partial charge in [-0.25, -0.2) is 0 Å². The van der Waals surface area contributed by atoms with Crippen molar-refractivity contribution in [3.05, 3.63) is 59.9 Å². The van der Waals surface area contributed by atoms with E-state index < -0.39 is 0 Å². The van der Waals surface area contributed by atoms with Crippen LogP contribution in [0.2, 0.25) is 0 Å². The Morgan fingerprint density at radius 3 is 2.58 bits per heavy atom. The Morgan fingerprint density at radius 2 is 1.90 bits per heavy atom. The molecule has 0 spiro atoms. The average molecular weight is 423 g/mol. The minimum absolute atomic E-state index is 0.00460. The first-order valence-electron chi connectivity index (χ1n) is 11.5. The Labute approximate surface area is 185 Å². The van der Waals surface area contributed by atoms with Crippen LogP contribution in [0, 0.1) is 0 Å². The fourth-order valence-corrected chi connectivity index (χ4v) is 4.58. The van der Waals surface area contributed by atoms with Crippen LogP contribution in [0.5, 0.6) is 5.75 Å². The summed E-state index contributed by atoms with van der Waals surface area (Å²) in [6.45, 7) is 4.82. The Balaban J connectivity index is 1.18. The third kappa shape index (κ3) is 6.28. The number of hydrogen-bond acceptors (Lipinski definition) is 5. The molecular formula is C25H34N4O2. The van der Waals surface area contributed by atoms with Crippen molar-refractivity contribution in [1.29, 1.82) is 0 Å². The van der Waals surface area contributed by atoms with Gasteiger partial charge in [0.2, 0.25) is 0 Å². The predicted octanol–water partition coefficient (Wildman–Crippen LogP) is 3.34. The third-order valence-corrected chi connectivity index (χ3v) is 6.50. The molecule has 1 aromatic heterocycles. The molecule has 6 nitrogen and oxygen atoms in total. The fourth-order valence-electron chi connectivity index (χ4n) is 4.58. The number of pyridine rings is 1. The SMILES string of the molecule is CN1CCCC1CCNC(=O)c1ccc(OC2CCN(Cc3ccccn3)CC2)cc1. The van der Waals surface area contributed by atoms with Gasteiger partial charge in [0.1, 0.15) is 11.9 Å². The van der Waals surface area contributed by atoms with E-state index in [2.05, 4.69) is 33.2 Å². The highest BCUT2D eigenvalue weighted by atomic mass is 16.5. The van der Waals surface area contributed by atoms with Gasteiger partial charge in [-0.2, -0.15) is 0 Å². The summed E-state index contributed by atoms with van der Waals surface area (Å²) in [5.41, 5.74) is 1.81. The lowest BCUT2D eigenvalue weighted by Gasteiger charge is -2.31. The van der Waals surface area contributed by atoms with E-state index in [9.17, 15) is 4.79 Å². The minimum Gasteiger partial charge on any atom is -0.490 e. The number of rotatable bonds is 8. The molecule has 2 saturated heterocycles. The van der Waals surface area contributed by atoms with Crippen molar-refractivity contribution in [1.82, 2.24) is 20.1 Å². The van der Waals surface area contributed by atoms with Crippen LogP contribution in [0.15, 0.2) is 48.7 Å². The number of aromatic nitrogens is 1. The van der Waals surface area contributed by atoms with Crippen molar-refractivity contribution in [2.24, 2.45) is 0 Å². The number of carbonyl (C=O) groups is 1. The number of benzene rings is 1. The van der Waals surface area contributed by atoms with Gasteiger partial charge in [-0.15, -0.1) is 0 Å². The van der Waals surface area contributed by atoms with Gasteiger partial charge in [-0.05, 0) is 82.1 Å². The number of hydrogen-bond donors (Lipinski definition) is 1. The first kappa shape index (κ1) is 21.8. The number of likely N-dealkylation sites (tertiary alicyclic amines) is 2. The van der Waals surface area contributed by atoms with Gasteiger partial charge in [0.05, 0.1) is 5.69 Å². The highest BCUT2D eigenvalue weighted by Gasteiger charge is 2.22. The molecule has 2 aliphatic rings. The number of nitrogens with zero attached hydrogens (tertiary/aromatic N) is 3. The van der Waals surface area contributed by atoms with Crippen molar-refractivity contribution >= 4 is 5.91 Å². The van der Waals surface area contributed by atoms with E-state index in [-0.39, 0.29) is 12.0 Å². The first-order chi connectivity index (χ1) is 15.2. The van der Waals surface area contributed by atoms with Gasteiger partial charge in [0.25, 0.3) is 5.91 Å². The second kappa shape index (κ2) is 10.7. The molecule has 0 bridgehead atoms. The van der Waals surface area contributed by atoms with E-state index >= 15 is 0 Å². The van der Waals surface area contributed by atoms with Crippen molar-refractivity contribution in [3.8, 4) is 5.75 Å². The monoisotopic (exact) mass is 422 g/mol. The van der Waals surface area contributed by atoms with E-state index in [0.29, 0.717) is 11.6 Å². The molecule has 0 aliphatic carbocycles. The number of piperidine rings is 1. The molecule has 0 radical (unpaired) electrons.